The number of nitrogens with zero attached hydrogens (tertiary/aromatic N) is 4. The lowest BCUT2D eigenvalue weighted by Crippen LogP contribution is -2.31. The van der Waals surface area contributed by atoms with Crippen LogP contribution < -0.4 is 9.80 Å². The van der Waals surface area contributed by atoms with Gasteiger partial charge in [-0.2, -0.15) is 0 Å². The van der Waals surface area contributed by atoms with Crippen LogP contribution in [-0.2, 0) is 0 Å². The van der Waals surface area contributed by atoms with E-state index in [1.54, 1.807) is 0 Å². The summed E-state index contributed by atoms with van der Waals surface area (Å²) in [7, 11) is 0. The molecule has 2 aliphatic heterocycles. The Bertz CT molecular complexity index is 600. The number of benzene rings is 1. The highest BCUT2D eigenvalue weighted by molar-refractivity contribution is 5.81. The first-order chi connectivity index (χ1) is 9.42. The lowest BCUT2D eigenvalue weighted by atomic mass is 10.1. The fraction of sp³-hybridized carbons (Fsp3) is 0.467. The lowest BCUT2D eigenvalue weighted by molar-refractivity contribution is 0.573. The van der Waals surface area contributed by atoms with Gasteiger partial charge < -0.3 is 9.80 Å². The van der Waals surface area contributed by atoms with Gasteiger partial charge in [-0.15, -0.1) is 0 Å². The standard InChI is InChI=1S/C15H18N4/c1-4-8-18(9-5-1)14-15(19-10-11-19)17-13-7-3-2-6-12(13)16-14/h2-3,6-7H,1,4-5,8-11H2. The molecule has 0 radical (unpaired) electrons. The topological polar surface area (TPSA) is 32.0 Å². The highest BCUT2D eigenvalue weighted by atomic mass is 15.3. The first-order valence-electron chi connectivity index (χ1n) is 7.18. The van der Waals surface area contributed by atoms with E-state index in [1.807, 2.05) is 12.1 Å². The van der Waals surface area contributed by atoms with Crippen molar-refractivity contribution in [2.24, 2.45) is 0 Å². The van der Waals surface area contributed by atoms with Crippen molar-refractivity contribution in [3.05, 3.63) is 24.3 Å². The van der Waals surface area contributed by atoms with Crippen molar-refractivity contribution in [2.75, 3.05) is 36.0 Å². The van der Waals surface area contributed by atoms with Crippen LogP contribution in [0.15, 0.2) is 24.3 Å². The molecule has 4 rings (SSSR count). The highest BCUT2D eigenvalue weighted by Gasteiger charge is 2.27. The smallest absolute Gasteiger partial charge is 0.172 e. The van der Waals surface area contributed by atoms with Gasteiger partial charge in [0.05, 0.1) is 11.0 Å². The summed E-state index contributed by atoms with van der Waals surface area (Å²) >= 11 is 0. The number of rotatable bonds is 2. The molecule has 4 nitrogen and oxygen atoms in total. The summed E-state index contributed by atoms with van der Waals surface area (Å²) in [6.07, 6.45) is 3.89. The number of hydrogen-bond acceptors (Lipinski definition) is 4. The molecule has 0 aliphatic carbocycles. The van der Waals surface area contributed by atoms with Crippen molar-refractivity contribution in [2.45, 2.75) is 19.3 Å². The van der Waals surface area contributed by atoms with E-state index in [4.69, 9.17) is 9.97 Å². The quantitative estimate of drug-likeness (QED) is 0.770. The highest BCUT2D eigenvalue weighted by Crippen LogP contribution is 2.32. The molecular formula is C15H18N4. The third-order valence-corrected chi connectivity index (χ3v) is 3.94. The Labute approximate surface area is 113 Å². The predicted molar refractivity (Wildman–Crippen MR) is 77.8 cm³/mol. The number of aromatic nitrogens is 2. The molecule has 2 saturated heterocycles. The zero-order chi connectivity index (χ0) is 12.7. The molecule has 0 unspecified atom stereocenters. The SMILES string of the molecule is c1ccc2nc(N3CC3)c(N3CCCCC3)nc2c1. The van der Waals surface area contributed by atoms with Gasteiger partial charge in [0, 0.05) is 26.2 Å². The molecule has 0 saturated carbocycles. The zero-order valence-electron chi connectivity index (χ0n) is 11.0. The maximum absolute atomic E-state index is 4.88. The Morgan fingerprint density at radius 2 is 1.21 bits per heavy atom. The van der Waals surface area contributed by atoms with Crippen LogP contribution in [0.4, 0.5) is 11.6 Å². The Morgan fingerprint density at radius 1 is 0.684 bits per heavy atom. The normalized spacial score (nSPS) is 18.9. The molecule has 2 fully saturated rings. The molecule has 19 heavy (non-hydrogen) atoms. The van der Waals surface area contributed by atoms with Crippen LogP contribution in [-0.4, -0.2) is 36.1 Å². The van der Waals surface area contributed by atoms with E-state index < -0.39 is 0 Å². The van der Waals surface area contributed by atoms with Crippen molar-refractivity contribution in [1.82, 2.24) is 9.97 Å². The van der Waals surface area contributed by atoms with Crippen molar-refractivity contribution >= 4 is 22.7 Å². The summed E-state index contributed by atoms with van der Waals surface area (Å²) in [5, 5.41) is 0. The van der Waals surface area contributed by atoms with E-state index in [9.17, 15) is 0 Å². The zero-order valence-corrected chi connectivity index (χ0v) is 11.0. The summed E-state index contributed by atoms with van der Waals surface area (Å²) in [4.78, 5) is 14.4. The molecule has 1 aromatic heterocycles. The molecule has 0 atom stereocenters. The minimum Gasteiger partial charge on any atom is -0.354 e. The number of hydrogen-bond donors (Lipinski definition) is 0. The molecule has 2 aliphatic rings. The monoisotopic (exact) mass is 254 g/mol. The summed E-state index contributed by atoms with van der Waals surface area (Å²) in [5.41, 5.74) is 2.01. The van der Waals surface area contributed by atoms with Gasteiger partial charge >= 0.3 is 0 Å². The first-order valence-corrected chi connectivity index (χ1v) is 7.18. The number of para-hydroxylation sites is 2. The summed E-state index contributed by atoms with van der Waals surface area (Å²) in [6.45, 7) is 4.48. The average molecular weight is 254 g/mol. The maximum atomic E-state index is 4.88. The summed E-state index contributed by atoms with van der Waals surface area (Å²) in [5.74, 6) is 2.18. The Morgan fingerprint density at radius 3 is 1.74 bits per heavy atom. The van der Waals surface area contributed by atoms with Crippen LogP contribution in [0, 0.1) is 0 Å². The van der Waals surface area contributed by atoms with Crippen LogP contribution in [0.5, 0.6) is 0 Å². The van der Waals surface area contributed by atoms with Crippen LogP contribution in [0.1, 0.15) is 19.3 Å². The van der Waals surface area contributed by atoms with E-state index in [2.05, 4.69) is 21.9 Å². The fourth-order valence-corrected chi connectivity index (χ4v) is 2.77. The molecule has 4 heteroatoms. The number of anilines is 2. The Hall–Kier alpha value is -1.84. The van der Waals surface area contributed by atoms with Crippen LogP contribution in [0.2, 0.25) is 0 Å². The predicted octanol–water partition coefficient (Wildman–Crippen LogP) is 2.44. The summed E-state index contributed by atoms with van der Waals surface area (Å²) < 4.78 is 0. The Balaban J connectivity index is 1.83. The molecule has 3 heterocycles. The van der Waals surface area contributed by atoms with E-state index >= 15 is 0 Å². The molecule has 0 bridgehead atoms. The van der Waals surface area contributed by atoms with Crippen molar-refractivity contribution in [3.63, 3.8) is 0 Å². The largest absolute Gasteiger partial charge is 0.354 e. The van der Waals surface area contributed by atoms with E-state index in [0.29, 0.717) is 0 Å². The van der Waals surface area contributed by atoms with Crippen LogP contribution >= 0.6 is 0 Å². The third kappa shape index (κ3) is 2.01. The van der Waals surface area contributed by atoms with Gasteiger partial charge in [-0.3, -0.25) is 0 Å². The molecule has 2 aromatic rings. The minimum atomic E-state index is 1.00. The molecule has 98 valence electrons. The van der Waals surface area contributed by atoms with Crippen LogP contribution in [0.25, 0.3) is 11.0 Å². The molecule has 0 N–H and O–H groups in total. The molecular weight excluding hydrogens is 236 g/mol. The molecule has 0 amide bonds. The van der Waals surface area contributed by atoms with Gasteiger partial charge in [-0.25, -0.2) is 9.97 Å². The van der Waals surface area contributed by atoms with E-state index in [0.717, 1.165) is 48.8 Å². The minimum absolute atomic E-state index is 1.00. The van der Waals surface area contributed by atoms with Gasteiger partial charge in [0.1, 0.15) is 0 Å². The first kappa shape index (κ1) is 11.0. The average Bonchev–Trinajstić information content (AvgIpc) is 3.31. The van der Waals surface area contributed by atoms with Gasteiger partial charge in [0.2, 0.25) is 0 Å². The number of piperidine rings is 1. The van der Waals surface area contributed by atoms with Crippen LogP contribution in [0.3, 0.4) is 0 Å². The van der Waals surface area contributed by atoms with Gasteiger partial charge in [-0.05, 0) is 31.4 Å². The molecule has 1 aromatic carbocycles. The van der Waals surface area contributed by atoms with Crippen molar-refractivity contribution < 1.29 is 0 Å². The second-order valence-electron chi connectivity index (χ2n) is 5.39. The van der Waals surface area contributed by atoms with Crippen molar-refractivity contribution in [1.29, 1.82) is 0 Å². The van der Waals surface area contributed by atoms with Gasteiger partial charge in [0.15, 0.2) is 11.6 Å². The lowest BCUT2D eigenvalue weighted by Gasteiger charge is -2.29. The second kappa shape index (κ2) is 4.37. The third-order valence-electron chi connectivity index (χ3n) is 3.94. The maximum Gasteiger partial charge on any atom is 0.172 e. The Kier molecular flexibility index (Phi) is 2.53. The molecule has 0 spiro atoms. The summed E-state index contributed by atoms with van der Waals surface area (Å²) in [6, 6.07) is 8.18. The number of fused-ring (bicyclic) bond motifs is 1. The van der Waals surface area contributed by atoms with E-state index in [1.165, 1.54) is 19.3 Å². The van der Waals surface area contributed by atoms with Crippen molar-refractivity contribution in [3.8, 4) is 0 Å². The van der Waals surface area contributed by atoms with E-state index in [-0.39, 0.29) is 0 Å². The van der Waals surface area contributed by atoms with Gasteiger partial charge in [-0.1, -0.05) is 12.1 Å². The second-order valence-corrected chi connectivity index (χ2v) is 5.39. The fourth-order valence-electron chi connectivity index (χ4n) is 2.77. The van der Waals surface area contributed by atoms with Gasteiger partial charge in [0.25, 0.3) is 0 Å².